The average molecular weight is 412 g/mol. The predicted molar refractivity (Wildman–Crippen MR) is 109 cm³/mol. The molecule has 1 atom stereocenters. The Kier molecular flexibility index (Phi) is 5.04. The summed E-state index contributed by atoms with van der Waals surface area (Å²) < 4.78 is 0. The number of hydrogen-bond donors (Lipinski definition) is 1. The Balaban J connectivity index is 1.49. The fourth-order valence-corrected chi connectivity index (χ4v) is 3.98. The Morgan fingerprint density at radius 2 is 1.66 bits per heavy atom. The third kappa shape index (κ3) is 3.60. The topological polar surface area (TPSA) is 69.7 Å². The van der Waals surface area contributed by atoms with Gasteiger partial charge in [-0.1, -0.05) is 35.9 Å². The van der Waals surface area contributed by atoms with E-state index in [1.807, 2.05) is 4.90 Å². The third-order valence-electron chi connectivity index (χ3n) is 5.63. The summed E-state index contributed by atoms with van der Waals surface area (Å²) in [5, 5.41) is 3.35. The molecule has 2 fully saturated rings. The number of hydrogen-bond acceptors (Lipinski definition) is 3. The number of imide groups is 1. The summed E-state index contributed by atoms with van der Waals surface area (Å²) in [6, 6.07) is 13.5. The number of halogens is 1. The summed E-state index contributed by atoms with van der Waals surface area (Å²) in [5.74, 6) is -0.290. The molecule has 150 valence electrons. The zero-order valence-corrected chi connectivity index (χ0v) is 16.9. The number of urea groups is 1. The van der Waals surface area contributed by atoms with Crippen LogP contribution >= 0.6 is 11.6 Å². The number of amides is 4. The lowest BCUT2D eigenvalue weighted by molar-refractivity contribution is -0.131. The molecule has 2 aliphatic heterocycles. The van der Waals surface area contributed by atoms with Crippen molar-refractivity contribution in [2.24, 2.45) is 0 Å². The van der Waals surface area contributed by atoms with Crippen LogP contribution in [0, 0.1) is 0 Å². The van der Waals surface area contributed by atoms with Crippen LogP contribution in [0.4, 0.5) is 4.79 Å². The van der Waals surface area contributed by atoms with Crippen LogP contribution < -0.4 is 5.32 Å². The second-order valence-corrected chi connectivity index (χ2v) is 8.09. The Hall–Kier alpha value is -2.86. The maximum atomic E-state index is 13.0. The van der Waals surface area contributed by atoms with E-state index in [2.05, 4.69) is 5.32 Å². The molecule has 2 saturated heterocycles. The van der Waals surface area contributed by atoms with Gasteiger partial charge in [0.2, 0.25) is 0 Å². The Morgan fingerprint density at radius 1 is 1.03 bits per heavy atom. The van der Waals surface area contributed by atoms with E-state index < -0.39 is 11.6 Å². The van der Waals surface area contributed by atoms with Crippen LogP contribution in [-0.2, 0) is 16.9 Å². The summed E-state index contributed by atoms with van der Waals surface area (Å²) in [5.41, 5.74) is 0.952. The minimum atomic E-state index is -1.13. The highest BCUT2D eigenvalue weighted by Gasteiger charge is 2.48. The summed E-state index contributed by atoms with van der Waals surface area (Å²) in [6.07, 6.45) is 2.09. The molecule has 6 nitrogen and oxygen atoms in total. The zero-order valence-electron chi connectivity index (χ0n) is 16.2. The lowest BCUT2D eigenvalue weighted by Gasteiger charge is -2.22. The summed E-state index contributed by atoms with van der Waals surface area (Å²) >= 11 is 5.93. The normalized spacial score (nSPS) is 21.6. The van der Waals surface area contributed by atoms with Crippen LogP contribution in [0.5, 0.6) is 0 Å². The highest BCUT2D eigenvalue weighted by atomic mass is 35.5. The first-order chi connectivity index (χ1) is 13.9. The lowest BCUT2D eigenvalue weighted by atomic mass is 9.92. The summed E-state index contributed by atoms with van der Waals surface area (Å²) in [7, 11) is 0. The molecule has 7 heteroatoms. The summed E-state index contributed by atoms with van der Waals surface area (Å²) in [6.45, 7) is 3.43. The van der Waals surface area contributed by atoms with Crippen molar-refractivity contribution in [2.75, 3.05) is 13.1 Å². The molecule has 4 amide bonds. The lowest BCUT2D eigenvalue weighted by Crippen LogP contribution is -2.40. The van der Waals surface area contributed by atoms with Crippen LogP contribution in [0.15, 0.2) is 48.5 Å². The Bertz CT molecular complexity index is 952. The van der Waals surface area contributed by atoms with Crippen molar-refractivity contribution in [1.82, 2.24) is 15.1 Å². The molecule has 0 saturated carbocycles. The van der Waals surface area contributed by atoms with Crippen LogP contribution in [-0.4, -0.2) is 40.7 Å². The van der Waals surface area contributed by atoms with E-state index in [9.17, 15) is 14.4 Å². The Morgan fingerprint density at radius 3 is 2.28 bits per heavy atom. The van der Waals surface area contributed by atoms with Crippen molar-refractivity contribution in [3.63, 3.8) is 0 Å². The molecule has 1 N–H and O–H groups in total. The van der Waals surface area contributed by atoms with Gasteiger partial charge in [0.1, 0.15) is 5.54 Å². The van der Waals surface area contributed by atoms with E-state index >= 15 is 0 Å². The molecule has 2 aliphatic rings. The van der Waals surface area contributed by atoms with Gasteiger partial charge >= 0.3 is 6.03 Å². The highest BCUT2D eigenvalue weighted by Crippen LogP contribution is 2.30. The second kappa shape index (κ2) is 7.52. The largest absolute Gasteiger partial charge is 0.339 e. The number of carbonyl (C=O) groups excluding carboxylic acids is 3. The molecule has 0 aliphatic carbocycles. The number of carbonyl (C=O) groups is 3. The number of nitrogens with one attached hydrogen (secondary N) is 1. The molecule has 0 bridgehead atoms. The van der Waals surface area contributed by atoms with Gasteiger partial charge in [-0.05, 0) is 55.2 Å². The number of rotatable bonds is 4. The van der Waals surface area contributed by atoms with Gasteiger partial charge in [0.15, 0.2) is 0 Å². The van der Waals surface area contributed by atoms with Gasteiger partial charge in [0.25, 0.3) is 11.8 Å². The standard InChI is InChI=1S/C22H22ClN3O3/c1-22(17-8-10-18(23)11-9-17)20(28)26(21(29)24-22)14-15-4-6-16(7-5-15)19(27)25-12-2-3-13-25/h4-11H,2-3,12-14H2,1H3,(H,24,29). The molecule has 0 aromatic heterocycles. The molecule has 2 heterocycles. The number of nitrogens with zero attached hydrogens (tertiary/aromatic N) is 2. The van der Waals surface area contributed by atoms with E-state index in [-0.39, 0.29) is 18.4 Å². The van der Waals surface area contributed by atoms with Crippen molar-refractivity contribution in [3.05, 3.63) is 70.2 Å². The van der Waals surface area contributed by atoms with Crippen LogP contribution in [0.3, 0.4) is 0 Å². The van der Waals surface area contributed by atoms with Gasteiger partial charge in [0, 0.05) is 23.7 Å². The quantitative estimate of drug-likeness (QED) is 0.782. The van der Waals surface area contributed by atoms with Crippen LogP contribution in [0.25, 0.3) is 0 Å². The van der Waals surface area contributed by atoms with Crippen LogP contribution in [0.2, 0.25) is 5.02 Å². The smallest absolute Gasteiger partial charge is 0.325 e. The van der Waals surface area contributed by atoms with Gasteiger partial charge in [0.05, 0.1) is 6.54 Å². The van der Waals surface area contributed by atoms with E-state index in [0.717, 1.165) is 31.5 Å². The van der Waals surface area contributed by atoms with Crippen molar-refractivity contribution < 1.29 is 14.4 Å². The molecule has 29 heavy (non-hydrogen) atoms. The van der Waals surface area contributed by atoms with Crippen molar-refractivity contribution in [1.29, 1.82) is 0 Å². The van der Waals surface area contributed by atoms with Gasteiger partial charge in [-0.25, -0.2) is 4.79 Å². The first-order valence-electron chi connectivity index (χ1n) is 9.67. The predicted octanol–water partition coefficient (Wildman–Crippen LogP) is 3.54. The molecule has 1 unspecified atom stereocenters. The third-order valence-corrected chi connectivity index (χ3v) is 5.88. The molecular formula is C22H22ClN3O3. The fourth-order valence-electron chi connectivity index (χ4n) is 3.86. The summed E-state index contributed by atoms with van der Waals surface area (Å²) in [4.78, 5) is 41.0. The zero-order chi connectivity index (χ0) is 20.6. The number of benzene rings is 2. The first-order valence-corrected chi connectivity index (χ1v) is 10.0. The monoisotopic (exact) mass is 411 g/mol. The van der Waals surface area contributed by atoms with E-state index in [1.165, 1.54) is 4.90 Å². The Labute approximate surface area is 174 Å². The van der Waals surface area contributed by atoms with Crippen molar-refractivity contribution in [2.45, 2.75) is 31.8 Å². The molecule has 2 aromatic carbocycles. The molecular weight excluding hydrogens is 390 g/mol. The molecule has 4 rings (SSSR count). The minimum absolute atomic E-state index is 0.0272. The van der Waals surface area contributed by atoms with E-state index in [4.69, 9.17) is 11.6 Å². The maximum absolute atomic E-state index is 13.0. The van der Waals surface area contributed by atoms with Gasteiger partial charge < -0.3 is 10.2 Å². The minimum Gasteiger partial charge on any atom is -0.339 e. The van der Waals surface area contributed by atoms with E-state index in [0.29, 0.717) is 16.1 Å². The maximum Gasteiger partial charge on any atom is 0.325 e. The molecule has 0 spiro atoms. The molecule has 2 aromatic rings. The first kappa shape index (κ1) is 19.5. The van der Waals surface area contributed by atoms with Gasteiger partial charge in [-0.2, -0.15) is 0 Å². The van der Waals surface area contributed by atoms with Gasteiger partial charge in [-0.15, -0.1) is 0 Å². The van der Waals surface area contributed by atoms with E-state index in [1.54, 1.807) is 55.5 Å². The molecule has 0 radical (unpaired) electrons. The van der Waals surface area contributed by atoms with Crippen LogP contribution in [0.1, 0.15) is 41.3 Å². The van der Waals surface area contributed by atoms with Crippen molar-refractivity contribution >= 4 is 29.4 Å². The average Bonchev–Trinajstić information content (AvgIpc) is 3.32. The SMILES string of the molecule is CC1(c2ccc(Cl)cc2)NC(=O)N(Cc2ccc(C(=O)N3CCCC3)cc2)C1=O. The van der Waals surface area contributed by atoms with Gasteiger partial charge in [-0.3, -0.25) is 14.5 Å². The van der Waals surface area contributed by atoms with Crippen molar-refractivity contribution in [3.8, 4) is 0 Å². The highest BCUT2D eigenvalue weighted by molar-refractivity contribution is 6.30. The fraction of sp³-hybridized carbons (Fsp3) is 0.318. The second-order valence-electron chi connectivity index (χ2n) is 7.65. The number of likely N-dealkylation sites (tertiary alicyclic amines) is 1.